The van der Waals surface area contributed by atoms with Gasteiger partial charge in [0.2, 0.25) is 11.8 Å². The molecule has 2 aromatic heterocycles. The lowest BCUT2D eigenvalue weighted by molar-refractivity contribution is -0.0348. The number of hydrogen-bond donors (Lipinski definition) is 0. The molecule has 6 nitrogen and oxygen atoms in total. The molecule has 1 aromatic carbocycles. The second kappa shape index (κ2) is 5.99. The number of aromatic nitrogens is 2. The van der Waals surface area contributed by atoms with Gasteiger partial charge in [0.15, 0.2) is 6.10 Å². The summed E-state index contributed by atoms with van der Waals surface area (Å²) in [7, 11) is 0. The molecule has 1 fully saturated rings. The van der Waals surface area contributed by atoms with E-state index >= 15 is 0 Å². The number of ether oxygens (including phenoxy) is 1. The quantitative estimate of drug-likeness (QED) is 0.715. The van der Waals surface area contributed by atoms with Gasteiger partial charge in [0.1, 0.15) is 0 Å². The number of carbonyl (C=O) groups is 1. The second-order valence-electron chi connectivity index (χ2n) is 5.82. The van der Waals surface area contributed by atoms with Gasteiger partial charge in [0, 0.05) is 18.2 Å². The molecular formula is C17H17N3O3S. The van der Waals surface area contributed by atoms with E-state index in [-0.39, 0.29) is 12.0 Å². The first kappa shape index (κ1) is 15.3. The third-order valence-electron chi connectivity index (χ3n) is 4.21. The number of morpholine rings is 1. The number of nitrogens with zero attached hydrogens (tertiary/aromatic N) is 3. The van der Waals surface area contributed by atoms with Crippen molar-refractivity contribution in [3.63, 3.8) is 0 Å². The molecule has 4 rings (SSSR count). The molecule has 1 aliphatic heterocycles. The van der Waals surface area contributed by atoms with Gasteiger partial charge >= 0.3 is 0 Å². The zero-order valence-electron chi connectivity index (χ0n) is 13.5. The van der Waals surface area contributed by atoms with E-state index in [1.54, 1.807) is 18.3 Å². The van der Waals surface area contributed by atoms with E-state index in [2.05, 4.69) is 16.3 Å². The molecule has 0 saturated carbocycles. The summed E-state index contributed by atoms with van der Waals surface area (Å²) in [5, 5.41) is 8.99. The standard InChI is InChI=1S/C17H17N3O3S/c1-10-12-5-3-4-6-14(12)24-15(10)17(21)20-7-8-22-13(9-20)16-19-18-11(2)23-16/h3-6,13H,7-9H2,1-2H3/t13-/m0/s1. The molecule has 0 bridgehead atoms. The van der Waals surface area contributed by atoms with Crippen molar-refractivity contribution in [2.75, 3.05) is 19.7 Å². The van der Waals surface area contributed by atoms with Crippen LogP contribution in [-0.4, -0.2) is 40.7 Å². The fraction of sp³-hybridized carbons (Fsp3) is 0.353. The Labute approximate surface area is 143 Å². The first-order valence-electron chi connectivity index (χ1n) is 7.82. The average molecular weight is 343 g/mol. The summed E-state index contributed by atoms with van der Waals surface area (Å²) in [6, 6.07) is 8.10. The molecule has 1 amide bonds. The number of rotatable bonds is 2. The smallest absolute Gasteiger partial charge is 0.264 e. The predicted octanol–water partition coefficient (Wildman–Crippen LogP) is 3.11. The van der Waals surface area contributed by atoms with Gasteiger partial charge < -0.3 is 14.1 Å². The first-order valence-corrected chi connectivity index (χ1v) is 8.64. The summed E-state index contributed by atoms with van der Waals surface area (Å²) in [6.45, 7) is 5.19. The minimum absolute atomic E-state index is 0.0400. The maximum Gasteiger partial charge on any atom is 0.264 e. The second-order valence-corrected chi connectivity index (χ2v) is 6.87. The Morgan fingerprint density at radius 3 is 2.88 bits per heavy atom. The largest absolute Gasteiger partial charge is 0.423 e. The van der Waals surface area contributed by atoms with Crippen LogP contribution < -0.4 is 0 Å². The fourth-order valence-electron chi connectivity index (χ4n) is 2.95. The van der Waals surface area contributed by atoms with Gasteiger partial charge in [-0.05, 0) is 23.9 Å². The fourth-order valence-corrected chi connectivity index (χ4v) is 4.12. The van der Waals surface area contributed by atoms with Crippen LogP contribution in [0.25, 0.3) is 10.1 Å². The Balaban J connectivity index is 1.60. The lowest BCUT2D eigenvalue weighted by Crippen LogP contribution is -2.42. The molecule has 24 heavy (non-hydrogen) atoms. The van der Waals surface area contributed by atoms with E-state index in [0.717, 1.165) is 20.5 Å². The van der Waals surface area contributed by atoms with Gasteiger partial charge in [-0.1, -0.05) is 18.2 Å². The molecule has 3 heterocycles. The van der Waals surface area contributed by atoms with Crippen LogP contribution in [0, 0.1) is 13.8 Å². The summed E-state index contributed by atoms with van der Waals surface area (Å²) < 4.78 is 12.3. The minimum atomic E-state index is -0.362. The Kier molecular flexibility index (Phi) is 3.82. The van der Waals surface area contributed by atoms with Crippen LogP contribution in [0.3, 0.4) is 0 Å². The molecule has 0 N–H and O–H groups in total. The monoisotopic (exact) mass is 343 g/mol. The average Bonchev–Trinajstić information content (AvgIpc) is 3.19. The lowest BCUT2D eigenvalue weighted by atomic mass is 10.1. The van der Waals surface area contributed by atoms with Crippen molar-refractivity contribution in [2.45, 2.75) is 20.0 Å². The number of hydrogen-bond acceptors (Lipinski definition) is 6. The molecule has 0 unspecified atom stereocenters. The van der Waals surface area contributed by atoms with E-state index in [0.29, 0.717) is 31.5 Å². The number of benzene rings is 1. The zero-order valence-corrected chi connectivity index (χ0v) is 14.3. The highest BCUT2D eigenvalue weighted by molar-refractivity contribution is 7.21. The predicted molar refractivity (Wildman–Crippen MR) is 90.2 cm³/mol. The number of carbonyl (C=O) groups excluding carboxylic acids is 1. The molecule has 1 aliphatic rings. The maximum atomic E-state index is 13.0. The molecule has 3 aromatic rings. The topological polar surface area (TPSA) is 68.5 Å². The van der Waals surface area contributed by atoms with Crippen molar-refractivity contribution in [1.82, 2.24) is 15.1 Å². The van der Waals surface area contributed by atoms with Gasteiger partial charge in [-0.25, -0.2) is 0 Å². The molecule has 1 atom stereocenters. The molecule has 124 valence electrons. The van der Waals surface area contributed by atoms with E-state index in [4.69, 9.17) is 9.15 Å². The van der Waals surface area contributed by atoms with Crippen LogP contribution in [0.2, 0.25) is 0 Å². The van der Waals surface area contributed by atoms with Crippen molar-refractivity contribution in [3.8, 4) is 0 Å². The normalized spacial score (nSPS) is 18.2. The summed E-state index contributed by atoms with van der Waals surface area (Å²) >= 11 is 1.54. The number of aryl methyl sites for hydroxylation is 2. The molecule has 0 spiro atoms. The van der Waals surface area contributed by atoms with E-state index in [1.807, 2.05) is 30.0 Å². The van der Waals surface area contributed by atoms with Crippen molar-refractivity contribution in [3.05, 3.63) is 46.5 Å². The number of thiophene rings is 1. The highest BCUT2D eigenvalue weighted by Crippen LogP contribution is 2.32. The van der Waals surface area contributed by atoms with Crippen molar-refractivity contribution < 1.29 is 13.9 Å². The van der Waals surface area contributed by atoms with Crippen molar-refractivity contribution >= 4 is 27.3 Å². The highest BCUT2D eigenvalue weighted by atomic mass is 32.1. The molecule has 0 radical (unpaired) electrons. The summed E-state index contributed by atoms with van der Waals surface area (Å²) in [5.41, 5.74) is 1.04. The van der Waals surface area contributed by atoms with Gasteiger partial charge in [-0.2, -0.15) is 0 Å². The van der Waals surface area contributed by atoms with Gasteiger partial charge in [-0.15, -0.1) is 21.5 Å². The van der Waals surface area contributed by atoms with Crippen LogP contribution in [0.5, 0.6) is 0 Å². The minimum Gasteiger partial charge on any atom is -0.423 e. The van der Waals surface area contributed by atoms with Crippen LogP contribution in [0.15, 0.2) is 28.7 Å². The third-order valence-corrected chi connectivity index (χ3v) is 5.47. The van der Waals surface area contributed by atoms with Gasteiger partial charge in [0.05, 0.1) is 18.0 Å². The Morgan fingerprint density at radius 1 is 1.29 bits per heavy atom. The lowest BCUT2D eigenvalue weighted by Gasteiger charge is -2.31. The van der Waals surface area contributed by atoms with E-state index in [9.17, 15) is 4.79 Å². The van der Waals surface area contributed by atoms with Crippen LogP contribution >= 0.6 is 11.3 Å². The Morgan fingerprint density at radius 2 is 2.12 bits per heavy atom. The van der Waals surface area contributed by atoms with Gasteiger partial charge in [-0.3, -0.25) is 4.79 Å². The van der Waals surface area contributed by atoms with E-state index < -0.39 is 0 Å². The summed E-state index contributed by atoms with van der Waals surface area (Å²) in [6.07, 6.45) is -0.362. The SMILES string of the molecule is Cc1nnc([C@@H]2CN(C(=O)c3sc4ccccc4c3C)CCO2)o1. The first-order chi connectivity index (χ1) is 11.6. The van der Waals surface area contributed by atoms with Crippen molar-refractivity contribution in [2.24, 2.45) is 0 Å². The maximum absolute atomic E-state index is 13.0. The summed E-state index contributed by atoms with van der Waals surface area (Å²) in [5.74, 6) is 0.966. The van der Waals surface area contributed by atoms with Crippen LogP contribution in [0.4, 0.5) is 0 Å². The van der Waals surface area contributed by atoms with Crippen molar-refractivity contribution in [1.29, 1.82) is 0 Å². The number of amides is 1. The molecule has 7 heteroatoms. The van der Waals surface area contributed by atoms with Crippen LogP contribution in [0.1, 0.15) is 33.1 Å². The molecule has 0 aliphatic carbocycles. The third kappa shape index (κ3) is 2.59. The molecule has 1 saturated heterocycles. The highest BCUT2D eigenvalue weighted by Gasteiger charge is 2.31. The summed E-state index contributed by atoms with van der Waals surface area (Å²) in [4.78, 5) is 15.6. The zero-order chi connectivity index (χ0) is 16.7. The van der Waals surface area contributed by atoms with E-state index in [1.165, 1.54) is 0 Å². The van der Waals surface area contributed by atoms with Gasteiger partial charge in [0.25, 0.3) is 5.91 Å². The van der Waals surface area contributed by atoms with Crippen LogP contribution in [-0.2, 0) is 4.74 Å². The number of fused-ring (bicyclic) bond motifs is 1. The Hall–Kier alpha value is -2.25. The Bertz CT molecular complexity index is 902. The molecular weight excluding hydrogens is 326 g/mol.